The average molecular weight is 353 g/mol. The minimum atomic E-state index is -4.41. The van der Waals surface area contributed by atoms with E-state index in [1.165, 1.54) is 18.5 Å². The number of halogens is 3. The molecule has 1 aromatic carbocycles. The number of anilines is 4. The highest BCUT2D eigenvalue weighted by atomic mass is 19.4. The monoisotopic (exact) mass is 353 g/mol. The van der Waals surface area contributed by atoms with E-state index in [2.05, 4.69) is 20.6 Å². The summed E-state index contributed by atoms with van der Waals surface area (Å²) in [7, 11) is 0. The zero-order valence-corrected chi connectivity index (χ0v) is 13.3. The second-order valence-electron chi connectivity index (χ2n) is 5.70. The summed E-state index contributed by atoms with van der Waals surface area (Å²) in [6.45, 7) is 1.30. The molecule has 134 valence electrons. The van der Waals surface area contributed by atoms with Crippen molar-refractivity contribution >= 4 is 23.0 Å². The van der Waals surface area contributed by atoms with Gasteiger partial charge in [0.25, 0.3) is 0 Å². The Morgan fingerprint density at radius 1 is 1.24 bits per heavy atom. The number of nitrogens with one attached hydrogen (secondary N) is 2. The van der Waals surface area contributed by atoms with E-state index in [-0.39, 0.29) is 23.3 Å². The van der Waals surface area contributed by atoms with E-state index in [0.717, 1.165) is 31.6 Å². The number of hydrogen-bond acceptors (Lipinski definition) is 6. The van der Waals surface area contributed by atoms with Gasteiger partial charge in [-0.2, -0.15) is 13.2 Å². The second-order valence-corrected chi connectivity index (χ2v) is 5.70. The number of hydrogen-bond donors (Lipinski definition) is 3. The van der Waals surface area contributed by atoms with Gasteiger partial charge in [-0.3, -0.25) is 0 Å². The van der Waals surface area contributed by atoms with Crippen LogP contribution in [-0.2, 0) is 10.9 Å². The molecule has 0 radical (unpaired) electrons. The van der Waals surface area contributed by atoms with Crippen molar-refractivity contribution in [2.75, 3.05) is 29.5 Å². The van der Waals surface area contributed by atoms with Gasteiger partial charge in [-0.05, 0) is 31.0 Å². The summed E-state index contributed by atoms with van der Waals surface area (Å²) in [5.74, 6) is 0.657. The van der Waals surface area contributed by atoms with Crippen molar-refractivity contribution in [1.29, 1.82) is 0 Å². The van der Waals surface area contributed by atoms with Crippen molar-refractivity contribution in [3.8, 4) is 0 Å². The normalized spacial score (nSPS) is 17.5. The minimum Gasteiger partial charge on any atom is -0.393 e. The molecule has 1 aliphatic heterocycles. The van der Waals surface area contributed by atoms with Crippen LogP contribution in [0.3, 0.4) is 0 Å². The molecule has 25 heavy (non-hydrogen) atoms. The van der Waals surface area contributed by atoms with Crippen molar-refractivity contribution in [3.05, 3.63) is 36.2 Å². The molecule has 0 spiro atoms. The standard InChI is InChI=1S/C16H18F3N5O/c17-16(18,19)10-3-1-4-11(7-10)24-15-13(20)14(22-9-23-15)21-8-12-5-2-6-25-12/h1,3-4,7,9,12H,2,5-6,8,20H2,(H2,21,22,23,24). The van der Waals surface area contributed by atoms with Crippen LogP contribution in [0.5, 0.6) is 0 Å². The number of nitrogens with two attached hydrogens (primary N) is 1. The Morgan fingerprint density at radius 3 is 2.76 bits per heavy atom. The van der Waals surface area contributed by atoms with Crippen LogP contribution in [0.15, 0.2) is 30.6 Å². The van der Waals surface area contributed by atoms with Crippen molar-refractivity contribution < 1.29 is 17.9 Å². The lowest BCUT2D eigenvalue weighted by Gasteiger charge is -2.15. The molecule has 1 fully saturated rings. The van der Waals surface area contributed by atoms with Gasteiger partial charge in [0.05, 0.1) is 11.7 Å². The molecule has 3 rings (SSSR count). The molecule has 6 nitrogen and oxygen atoms in total. The minimum absolute atomic E-state index is 0.106. The van der Waals surface area contributed by atoms with Crippen molar-refractivity contribution in [2.45, 2.75) is 25.1 Å². The summed E-state index contributed by atoms with van der Waals surface area (Å²) in [5, 5.41) is 5.90. The molecule has 0 aliphatic carbocycles. The molecule has 1 unspecified atom stereocenters. The first-order chi connectivity index (χ1) is 11.9. The van der Waals surface area contributed by atoms with Crippen LogP contribution < -0.4 is 16.4 Å². The third-order valence-electron chi connectivity index (χ3n) is 3.86. The Morgan fingerprint density at radius 2 is 2.04 bits per heavy atom. The van der Waals surface area contributed by atoms with Gasteiger partial charge in [0.15, 0.2) is 11.6 Å². The number of aromatic nitrogens is 2. The SMILES string of the molecule is Nc1c(NCC2CCCO2)ncnc1Nc1cccc(C(F)(F)F)c1. The molecule has 4 N–H and O–H groups in total. The Kier molecular flexibility index (Phi) is 4.93. The fraction of sp³-hybridized carbons (Fsp3) is 0.375. The molecule has 2 heterocycles. The van der Waals surface area contributed by atoms with Crippen LogP contribution in [-0.4, -0.2) is 29.2 Å². The van der Waals surface area contributed by atoms with E-state index in [1.54, 1.807) is 0 Å². The lowest BCUT2D eigenvalue weighted by atomic mass is 10.2. The van der Waals surface area contributed by atoms with E-state index in [9.17, 15) is 13.2 Å². The summed E-state index contributed by atoms with van der Waals surface area (Å²) in [4.78, 5) is 8.08. The molecular weight excluding hydrogens is 335 g/mol. The molecule has 1 aromatic heterocycles. The van der Waals surface area contributed by atoms with E-state index in [1.807, 2.05) is 0 Å². The first-order valence-electron chi connectivity index (χ1n) is 7.84. The largest absolute Gasteiger partial charge is 0.416 e. The maximum absolute atomic E-state index is 12.8. The Labute approximate surface area is 142 Å². The fourth-order valence-electron chi connectivity index (χ4n) is 2.56. The fourth-order valence-corrected chi connectivity index (χ4v) is 2.56. The van der Waals surface area contributed by atoms with Gasteiger partial charge in [0.1, 0.15) is 12.0 Å². The van der Waals surface area contributed by atoms with E-state index >= 15 is 0 Å². The van der Waals surface area contributed by atoms with Crippen LogP contribution in [0.4, 0.5) is 36.2 Å². The Hall–Kier alpha value is -2.55. The quantitative estimate of drug-likeness (QED) is 0.764. The molecule has 1 aliphatic rings. The van der Waals surface area contributed by atoms with Crippen LogP contribution in [0, 0.1) is 0 Å². The average Bonchev–Trinajstić information content (AvgIpc) is 3.09. The summed E-state index contributed by atoms with van der Waals surface area (Å²) in [6.07, 6.45) is -1.02. The van der Waals surface area contributed by atoms with Crippen molar-refractivity contribution in [3.63, 3.8) is 0 Å². The molecule has 0 saturated carbocycles. The van der Waals surface area contributed by atoms with Gasteiger partial charge < -0.3 is 21.1 Å². The van der Waals surface area contributed by atoms with Crippen LogP contribution in [0.25, 0.3) is 0 Å². The maximum Gasteiger partial charge on any atom is 0.416 e. The van der Waals surface area contributed by atoms with E-state index in [4.69, 9.17) is 10.5 Å². The summed E-state index contributed by atoms with van der Waals surface area (Å²) in [5.41, 5.74) is 5.75. The molecular formula is C16H18F3N5O. The van der Waals surface area contributed by atoms with E-state index in [0.29, 0.717) is 12.4 Å². The number of benzene rings is 1. The van der Waals surface area contributed by atoms with Gasteiger partial charge in [-0.1, -0.05) is 6.07 Å². The summed E-state index contributed by atoms with van der Waals surface area (Å²) in [6, 6.07) is 4.83. The highest BCUT2D eigenvalue weighted by Crippen LogP contribution is 2.32. The molecule has 0 amide bonds. The number of nitrogen functional groups attached to an aromatic ring is 1. The second kappa shape index (κ2) is 7.14. The molecule has 1 saturated heterocycles. The summed E-state index contributed by atoms with van der Waals surface area (Å²) >= 11 is 0. The van der Waals surface area contributed by atoms with Crippen molar-refractivity contribution in [2.24, 2.45) is 0 Å². The Bertz CT molecular complexity index is 732. The predicted molar refractivity (Wildman–Crippen MR) is 88.6 cm³/mol. The highest BCUT2D eigenvalue weighted by Gasteiger charge is 2.30. The van der Waals surface area contributed by atoms with Gasteiger partial charge >= 0.3 is 6.18 Å². The first kappa shape index (κ1) is 17.3. The molecule has 0 bridgehead atoms. The van der Waals surface area contributed by atoms with Crippen LogP contribution >= 0.6 is 0 Å². The first-order valence-corrected chi connectivity index (χ1v) is 7.84. The number of nitrogens with zero attached hydrogens (tertiary/aromatic N) is 2. The number of ether oxygens (including phenoxy) is 1. The third kappa shape index (κ3) is 4.30. The van der Waals surface area contributed by atoms with Crippen LogP contribution in [0.2, 0.25) is 0 Å². The van der Waals surface area contributed by atoms with Crippen LogP contribution in [0.1, 0.15) is 18.4 Å². The zero-order chi connectivity index (χ0) is 17.9. The third-order valence-corrected chi connectivity index (χ3v) is 3.86. The van der Waals surface area contributed by atoms with E-state index < -0.39 is 11.7 Å². The van der Waals surface area contributed by atoms with Crippen molar-refractivity contribution in [1.82, 2.24) is 9.97 Å². The lowest BCUT2D eigenvalue weighted by Crippen LogP contribution is -2.20. The maximum atomic E-state index is 12.8. The molecule has 2 aromatic rings. The molecule has 9 heteroatoms. The van der Waals surface area contributed by atoms with Gasteiger partial charge in [0, 0.05) is 18.8 Å². The Balaban J connectivity index is 1.73. The number of rotatable bonds is 5. The topological polar surface area (TPSA) is 85.1 Å². The smallest absolute Gasteiger partial charge is 0.393 e. The zero-order valence-electron chi connectivity index (χ0n) is 13.3. The van der Waals surface area contributed by atoms with Gasteiger partial charge in [-0.15, -0.1) is 0 Å². The predicted octanol–water partition coefficient (Wildman–Crippen LogP) is 3.41. The summed E-state index contributed by atoms with van der Waals surface area (Å²) < 4.78 is 43.9. The molecule has 1 atom stereocenters. The van der Waals surface area contributed by atoms with Gasteiger partial charge in [-0.25, -0.2) is 9.97 Å². The highest BCUT2D eigenvalue weighted by molar-refractivity contribution is 5.77. The van der Waals surface area contributed by atoms with Gasteiger partial charge in [0.2, 0.25) is 0 Å². The number of alkyl halides is 3. The lowest BCUT2D eigenvalue weighted by molar-refractivity contribution is -0.137.